The third-order valence-electron chi connectivity index (χ3n) is 3.05. The highest BCUT2D eigenvalue weighted by molar-refractivity contribution is 5.25. The first kappa shape index (κ1) is 10.5. The van der Waals surface area contributed by atoms with E-state index in [0.29, 0.717) is 11.7 Å². The van der Waals surface area contributed by atoms with E-state index in [1.54, 1.807) is 12.1 Å². The number of nitrogens with two attached hydrogens (primary N) is 1. The highest BCUT2D eigenvalue weighted by Gasteiger charge is 2.20. The molecule has 0 spiro atoms. The molecule has 1 unspecified atom stereocenters. The van der Waals surface area contributed by atoms with Crippen molar-refractivity contribution < 1.29 is 5.11 Å². The molecule has 3 N–H and O–H groups in total. The normalized spacial score (nSPS) is 22.1. The zero-order valence-electron chi connectivity index (χ0n) is 8.89. The molecule has 82 valence electrons. The van der Waals surface area contributed by atoms with E-state index in [9.17, 15) is 0 Å². The summed E-state index contributed by atoms with van der Waals surface area (Å²) in [7, 11) is 0. The molecule has 2 rings (SSSR count). The molecule has 0 aromatic heterocycles. The molecule has 0 radical (unpaired) electrons. The molecule has 15 heavy (non-hydrogen) atoms. The van der Waals surface area contributed by atoms with Crippen molar-refractivity contribution in [2.75, 3.05) is 19.6 Å². The van der Waals surface area contributed by atoms with E-state index in [-0.39, 0.29) is 0 Å². The Labute approximate surface area is 90.5 Å². The van der Waals surface area contributed by atoms with Crippen LogP contribution in [0.25, 0.3) is 0 Å². The van der Waals surface area contributed by atoms with Gasteiger partial charge in [-0.05, 0) is 43.1 Å². The largest absolute Gasteiger partial charge is 0.508 e. The Balaban J connectivity index is 1.90. The number of phenolic OH excluding ortho intramolecular Hbond substituents is 1. The predicted octanol–water partition coefficient (Wildman–Crippen LogP) is 1.17. The fraction of sp³-hybridized carbons (Fsp3) is 0.500. The van der Waals surface area contributed by atoms with Crippen molar-refractivity contribution in [1.29, 1.82) is 0 Å². The lowest BCUT2D eigenvalue weighted by Gasteiger charge is -2.15. The first-order valence-electron chi connectivity index (χ1n) is 5.48. The predicted molar refractivity (Wildman–Crippen MR) is 60.5 cm³/mol. The van der Waals surface area contributed by atoms with E-state index in [1.807, 2.05) is 12.1 Å². The van der Waals surface area contributed by atoms with Crippen LogP contribution in [-0.2, 0) is 6.54 Å². The number of phenols is 1. The quantitative estimate of drug-likeness (QED) is 0.780. The van der Waals surface area contributed by atoms with Crippen LogP contribution in [0.3, 0.4) is 0 Å². The van der Waals surface area contributed by atoms with Crippen LogP contribution in [0, 0.1) is 5.92 Å². The summed E-state index contributed by atoms with van der Waals surface area (Å²) in [6.07, 6.45) is 1.22. The van der Waals surface area contributed by atoms with Gasteiger partial charge in [-0.3, -0.25) is 4.90 Å². The molecule has 0 amide bonds. The van der Waals surface area contributed by atoms with Crippen LogP contribution in [0.1, 0.15) is 12.0 Å². The smallest absolute Gasteiger partial charge is 0.115 e. The molecule has 0 saturated carbocycles. The highest BCUT2D eigenvalue weighted by Crippen LogP contribution is 2.18. The molecule has 1 aliphatic heterocycles. The topological polar surface area (TPSA) is 49.5 Å². The van der Waals surface area contributed by atoms with Crippen LogP contribution in [-0.4, -0.2) is 29.6 Å². The summed E-state index contributed by atoms with van der Waals surface area (Å²) in [5, 5.41) is 9.17. The molecule has 1 saturated heterocycles. The van der Waals surface area contributed by atoms with Crippen molar-refractivity contribution in [3.63, 3.8) is 0 Å². The van der Waals surface area contributed by atoms with Gasteiger partial charge in [0.2, 0.25) is 0 Å². The van der Waals surface area contributed by atoms with Gasteiger partial charge in [0.25, 0.3) is 0 Å². The number of likely N-dealkylation sites (tertiary alicyclic amines) is 1. The van der Waals surface area contributed by atoms with Crippen molar-refractivity contribution in [3.05, 3.63) is 29.8 Å². The fourth-order valence-electron chi connectivity index (χ4n) is 2.11. The Hall–Kier alpha value is -1.06. The van der Waals surface area contributed by atoms with Gasteiger partial charge in [0.15, 0.2) is 0 Å². The van der Waals surface area contributed by atoms with Gasteiger partial charge in [-0.15, -0.1) is 0 Å². The second kappa shape index (κ2) is 4.64. The van der Waals surface area contributed by atoms with E-state index in [0.717, 1.165) is 26.2 Å². The fourth-order valence-corrected chi connectivity index (χ4v) is 2.11. The van der Waals surface area contributed by atoms with E-state index < -0.39 is 0 Å². The van der Waals surface area contributed by atoms with Gasteiger partial charge in [-0.25, -0.2) is 0 Å². The van der Waals surface area contributed by atoms with Crippen molar-refractivity contribution >= 4 is 0 Å². The number of hydrogen-bond donors (Lipinski definition) is 2. The summed E-state index contributed by atoms with van der Waals surface area (Å²) in [5.41, 5.74) is 6.90. The molecule has 0 aliphatic carbocycles. The number of rotatable bonds is 3. The average Bonchev–Trinajstić information content (AvgIpc) is 2.69. The second-order valence-corrected chi connectivity index (χ2v) is 4.29. The summed E-state index contributed by atoms with van der Waals surface area (Å²) in [4.78, 5) is 2.42. The lowest BCUT2D eigenvalue weighted by molar-refractivity contribution is 0.317. The van der Waals surface area contributed by atoms with Crippen molar-refractivity contribution in [2.45, 2.75) is 13.0 Å². The Kier molecular flexibility index (Phi) is 3.23. The molecule has 1 aromatic rings. The minimum absolute atomic E-state index is 0.333. The minimum Gasteiger partial charge on any atom is -0.508 e. The molecule has 1 fully saturated rings. The SMILES string of the molecule is NCC1CCN(Cc2ccc(O)cc2)C1. The standard InChI is InChI=1S/C12H18N2O/c13-7-11-5-6-14(9-11)8-10-1-3-12(15)4-2-10/h1-4,11,15H,5-9,13H2. The average molecular weight is 206 g/mol. The molecule has 0 bridgehead atoms. The van der Waals surface area contributed by atoms with E-state index in [1.165, 1.54) is 12.0 Å². The van der Waals surface area contributed by atoms with Crippen molar-refractivity contribution in [3.8, 4) is 5.75 Å². The Morgan fingerprint density at radius 2 is 2.07 bits per heavy atom. The van der Waals surface area contributed by atoms with Gasteiger partial charge >= 0.3 is 0 Å². The van der Waals surface area contributed by atoms with Crippen LogP contribution in [0.15, 0.2) is 24.3 Å². The molecule has 3 heteroatoms. The summed E-state index contributed by atoms with van der Waals surface area (Å²) < 4.78 is 0. The number of hydrogen-bond acceptors (Lipinski definition) is 3. The van der Waals surface area contributed by atoms with Gasteiger partial charge in [0.1, 0.15) is 5.75 Å². The van der Waals surface area contributed by atoms with Gasteiger partial charge in [-0.1, -0.05) is 12.1 Å². The second-order valence-electron chi connectivity index (χ2n) is 4.29. The number of aromatic hydroxyl groups is 1. The van der Waals surface area contributed by atoms with Gasteiger partial charge in [0, 0.05) is 13.1 Å². The Morgan fingerprint density at radius 1 is 1.33 bits per heavy atom. The molecule has 1 atom stereocenters. The lowest BCUT2D eigenvalue weighted by atomic mass is 10.1. The summed E-state index contributed by atoms with van der Waals surface area (Å²) in [6.45, 7) is 4.02. The van der Waals surface area contributed by atoms with E-state index in [2.05, 4.69) is 4.90 Å². The molecular formula is C12H18N2O. The maximum Gasteiger partial charge on any atom is 0.115 e. The third kappa shape index (κ3) is 2.70. The van der Waals surface area contributed by atoms with Crippen LogP contribution in [0.4, 0.5) is 0 Å². The van der Waals surface area contributed by atoms with E-state index >= 15 is 0 Å². The van der Waals surface area contributed by atoms with Crippen molar-refractivity contribution in [1.82, 2.24) is 4.90 Å². The summed E-state index contributed by atoms with van der Waals surface area (Å²) in [5.74, 6) is 1.00. The van der Waals surface area contributed by atoms with Crippen LogP contribution < -0.4 is 5.73 Å². The maximum atomic E-state index is 9.17. The zero-order valence-corrected chi connectivity index (χ0v) is 8.89. The monoisotopic (exact) mass is 206 g/mol. The van der Waals surface area contributed by atoms with E-state index in [4.69, 9.17) is 10.8 Å². The van der Waals surface area contributed by atoms with Crippen LogP contribution in [0.5, 0.6) is 5.75 Å². The lowest BCUT2D eigenvalue weighted by Crippen LogP contribution is -2.22. The maximum absolute atomic E-state index is 9.17. The number of nitrogens with zero attached hydrogens (tertiary/aromatic N) is 1. The van der Waals surface area contributed by atoms with Crippen LogP contribution in [0.2, 0.25) is 0 Å². The first-order chi connectivity index (χ1) is 7.28. The molecule has 1 aliphatic rings. The van der Waals surface area contributed by atoms with Crippen molar-refractivity contribution in [2.24, 2.45) is 11.7 Å². The summed E-state index contributed by atoms with van der Waals surface area (Å²) >= 11 is 0. The zero-order chi connectivity index (χ0) is 10.7. The molecular weight excluding hydrogens is 188 g/mol. The Bertz CT molecular complexity index is 310. The van der Waals surface area contributed by atoms with Crippen LogP contribution >= 0.6 is 0 Å². The Morgan fingerprint density at radius 3 is 2.67 bits per heavy atom. The minimum atomic E-state index is 0.333. The summed E-state index contributed by atoms with van der Waals surface area (Å²) in [6, 6.07) is 7.44. The number of benzene rings is 1. The molecule has 1 heterocycles. The van der Waals surface area contributed by atoms with Gasteiger partial charge < -0.3 is 10.8 Å². The third-order valence-corrected chi connectivity index (χ3v) is 3.05. The molecule has 3 nitrogen and oxygen atoms in total. The molecule has 1 aromatic carbocycles. The highest BCUT2D eigenvalue weighted by atomic mass is 16.3. The first-order valence-corrected chi connectivity index (χ1v) is 5.48. The van der Waals surface area contributed by atoms with Gasteiger partial charge in [-0.2, -0.15) is 0 Å². The van der Waals surface area contributed by atoms with Gasteiger partial charge in [0.05, 0.1) is 0 Å².